The fraction of sp³-hybridized carbons (Fsp3) is 0.875. The van der Waals surface area contributed by atoms with Gasteiger partial charge in [0.25, 0.3) is 0 Å². The normalized spacial score (nSPS) is 12.8. The van der Waals surface area contributed by atoms with E-state index in [1.165, 1.54) is 0 Å². The lowest BCUT2D eigenvalue weighted by atomic mass is 10.2. The Labute approximate surface area is 78.6 Å². The van der Waals surface area contributed by atoms with E-state index < -0.39 is 0 Å². The number of nitrogens with one attached hydrogen (secondary N) is 1. The summed E-state index contributed by atoms with van der Waals surface area (Å²) < 4.78 is 9.97. The predicted octanol–water partition coefficient (Wildman–Crippen LogP) is -0.887. The Hall–Kier alpha value is -0.650. The highest BCUT2D eigenvalue weighted by Gasteiger charge is 2.11. The van der Waals surface area contributed by atoms with Crippen LogP contribution in [0.1, 0.15) is 6.42 Å². The number of hydrogen-bond acceptors (Lipinski definition) is 4. The van der Waals surface area contributed by atoms with Gasteiger partial charge in [-0.15, -0.1) is 0 Å². The molecule has 0 aromatic rings. The molecule has 13 heavy (non-hydrogen) atoms. The van der Waals surface area contributed by atoms with Gasteiger partial charge >= 0.3 is 0 Å². The summed E-state index contributed by atoms with van der Waals surface area (Å²) in [6.45, 7) is 1.63. The molecule has 0 aromatic carbocycles. The number of nitrogens with two attached hydrogens (primary N) is 1. The number of carbonyl (C=O) groups excluding carboxylic acids is 1. The SMILES string of the molecule is CNC(CCOCCOC)C(N)=O. The standard InChI is InChI=1S/C8H18N2O3/c1-10-7(8(9)11)3-4-13-6-5-12-2/h7,10H,3-6H2,1-2H3,(H2,9,11). The van der Waals surface area contributed by atoms with Crippen LogP contribution in [0.2, 0.25) is 0 Å². The molecule has 1 amide bonds. The minimum Gasteiger partial charge on any atom is -0.382 e. The van der Waals surface area contributed by atoms with Crippen LogP contribution >= 0.6 is 0 Å². The van der Waals surface area contributed by atoms with Crippen molar-refractivity contribution in [2.45, 2.75) is 12.5 Å². The molecule has 1 atom stereocenters. The molecule has 0 saturated carbocycles. The zero-order chi connectivity index (χ0) is 10.1. The topological polar surface area (TPSA) is 73.6 Å². The average molecular weight is 190 g/mol. The zero-order valence-corrected chi connectivity index (χ0v) is 8.21. The maximum absolute atomic E-state index is 10.7. The Morgan fingerprint density at radius 3 is 2.62 bits per heavy atom. The molecule has 0 fully saturated rings. The first-order valence-corrected chi connectivity index (χ1v) is 4.25. The molecule has 0 aliphatic heterocycles. The summed E-state index contributed by atoms with van der Waals surface area (Å²) in [6.07, 6.45) is 0.593. The summed E-state index contributed by atoms with van der Waals surface area (Å²) in [7, 11) is 3.31. The number of carbonyl (C=O) groups is 1. The van der Waals surface area contributed by atoms with Gasteiger partial charge in [-0.05, 0) is 13.5 Å². The Morgan fingerprint density at radius 1 is 1.46 bits per heavy atom. The van der Waals surface area contributed by atoms with Crippen LogP contribution in [0.3, 0.4) is 0 Å². The van der Waals surface area contributed by atoms with Gasteiger partial charge in [-0.3, -0.25) is 4.79 Å². The van der Waals surface area contributed by atoms with E-state index in [0.717, 1.165) is 0 Å². The third kappa shape index (κ3) is 6.51. The van der Waals surface area contributed by atoms with Crippen molar-refractivity contribution in [2.75, 3.05) is 34.0 Å². The number of primary amides is 1. The van der Waals surface area contributed by atoms with Crippen LogP contribution in [0.25, 0.3) is 0 Å². The van der Waals surface area contributed by atoms with E-state index in [4.69, 9.17) is 15.2 Å². The quantitative estimate of drug-likeness (QED) is 0.487. The molecule has 3 N–H and O–H groups in total. The van der Waals surface area contributed by atoms with Gasteiger partial charge in [0.1, 0.15) is 0 Å². The van der Waals surface area contributed by atoms with Gasteiger partial charge in [0.15, 0.2) is 0 Å². The van der Waals surface area contributed by atoms with Gasteiger partial charge in [0, 0.05) is 13.7 Å². The second-order valence-corrected chi connectivity index (χ2v) is 2.64. The molecule has 0 spiro atoms. The molecule has 0 saturated heterocycles. The molecule has 0 heterocycles. The second kappa shape index (κ2) is 7.97. The van der Waals surface area contributed by atoms with E-state index in [1.54, 1.807) is 14.2 Å². The van der Waals surface area contributed by atoms with Crippen molar-refractivity contribution in [2.24, 2.45) is 5.73 Å². The average Bonchev–Trinajstić information content (AvgIpc) is 2.10. The van der Waals surface area contributed by atoms with E-state index in [9.17, 15) is 4.79 Å². The summed E-state index contributed by atoms with van der Waals surface area (Å²) in [5.74, 6) is -0.349. The van der Waals surface area contributed by atoms with Gasteiger partial charge in [-0.1, -0.05) is 0 Å². The molecule has 5 heteroatoms. The van der Waals surface area contributed by atoms with Crippen LogP contribution in [-0.2, 0) is 14.3 Å². The smallest absolute Gasteiger partial charge is 0.234 e. The molecule has 0 aliphatic rings. The number of rotatable bonds is 8. The van der Waals surface area contributed by atoms with Crippen LogP contribution in [0.4, 0.5) is 0 Å². The fourth-order valence-corrected chi connectivity index (χ4v) is 0.874. The highest BCUT2D eigenvalue weighted by molar-refractivity contribution is 5.79. The summed E-state index contributed by atoms with van der Waals surface area (Å²) >= 11 is 0. The first kappa shape index (κ1) is 12.3. The van der Waals surface area contributed by atoms with Gasteiger partial charge in [-0.25, -0.2) is 0 Å². The molecule has 0 bridgehead atoms. The van der Waals surface area contributed by atoms with Crippen LogP contribution in [0, 0.1) is 0 Å². The van der Waals surface area contributed by atoms with Gasteiger partial charge in [0.05, 0.1) is 19.3 Å². The van der Waals surface area contributed by atoms with Crippen molar-refractivity contribution in [1.82, 2.24) is 5.32 Å². The second-order valence-electron chi connectivity index (χ2n) is 2.64. The summed E-state index contributed by atoms with van der Waals surface area (Å²) in [5, 5.41) is 2.81. The molecule has 0 aromatic heterocycles. The highest BCUT2D eigenvalue weighted by Crippen LogP contribution is 1.91. The third-order valence-corrected chi connectivity index (χ3v) is 1.67. The lowest BCUT2D eigenvalue weighted by Crippen LogP contribution is -2.39. The zero-order valence-electron chi connectivity index (χ0n) is 8.21. The summed E-state index contributed by atoms with van der Waals surface area (Å²) in [5.41, 5.74) is 5.11. The van der Waals surface area contributed by atoms with Gasteiger partial charge < -0.3 is 20.5 Å². The van der Waals surface area contributed by atoms with Crippen molar-refractivity contribution in [3.8, 4) is 0 Å². The van der Waals surface area contributed by atoms with Crippen molar-refractivity contribution in [3.05, 3.63) is 0 Å². The first-order valence-electron chi connectivity index (χ1n) is 4.25. The lowest BCUT2D eigenvalue weighted by Gasteiger charge is -2.11. The first-order chi connectivity index (χ1) is 6.22. The molecule has 0 radical (unpaired) electrons. The molecule has 0 aliphatic carbocycles. The predicted molar refractivity (Wildman–Crippen MR) is 49.4 cm³/mol. The van der Waals surface area contributed by atoms with Crippen molar-refractivity contribution in [3.63, 3.8) is 0 Å². The van der Waals surface area contributed by atoms with Crippen LogP contribution in [-0.4, -0.2) is 45.9 Å². The van der Waals surface area contributed by atoms with E-state index >= 15 is 0 Å². The maximum atomic E-state index is 10.7. The molecular formula is C8H18N2O3. The minimum atomic E-state index is -0.349. The van der Waals surface area contributed by atoms with Crippen LogP contribution in [0.5, 0.6) is 0 Å². The van der Waals surface area contributed by atoms with Crippen molar-refractivity contribution < 1.29 is 14.3 Å². The van der Waals surface area contributed by atoms with E-state index in [0.29, 0.717) is 26.2 Å². The Morgan fingerprint density at radius 2 is 2.15 bits per heavy atom. The van der Waals surface area contributed by atoms with Crippen molar-refractivity contribution >= 4 is 5.91 Å². The fourth-order valence-electron chi connectivity index (χ4n) is 0.874. The van der Waals surface area contributed by atoms with Gasteiger partial charge in [0.2, 0.25) is 5.91 Å². The lowest BCUT2D eigenvalue weighted by molar-refractivity contribution is -0.120. The molecule has 5 nitrogen and oxygen atoms in total. The molecular weight excluding hydrogens is 172 g/mol. The molecule has 78 valence electrons. The minimum absolute atomic E-state index is 0.303. The highest BCUT2D eigenvalue weighted by atomic mass is 16.5. The van der Waals surface area contributed by atoms with E-state index in [-0.39, 0.29) is 11.9 Å². The number of amides is 1. The monoisotopic (exact) mass is 190 g/mol. The number of methoxy groups -OCH3 is 1. The largest absolute Gasteiger partial charge is 0.382 e. The molecule has 1 unspecified atom stereocenters. The van der Waals surface area contributed by atoms with Crippen LogP contribution in [0.15, 0.2) is 0 Å². The maximum Gasteiger partial charge on any atom is 0.234 e. The number of ether oxygens (including phenoxy) is 2. The van der Waals surface area contributed by atoms with Crippen molar-refractivity contribution in [1.29, 1.82) is 0 Å². The number of likely N-dealkylation sites (N-methyl/N-ethyl adjacent to an activating group) is 1. The van der Waals surface area contributed by atoms with E-state index in [2.05, 4.69) is 5.32 Å². The summed E-state index contributed by atoms with van der Waals surface area (Å²) in [4.78, 5) is 10.7. The summed E-state index contributed by atoms with van der Waals surface area (Å²) in [6, 6.07) is -0.303. The van der Waals surface area contributed by atoms with Gasteiger partial charge in [-0.2, -0.15) is 0 Å². The van der Waals surface area contributed by atoms with E-state index in [1.807, 2.05) is 0 Å². The third-order valence-electron chi connectivity index (χ3n) is 1.67. The molecule has 0 rings (SSSR count). The Kier molecular flexibility index (Phi) is 7.57. The van der Waals surface area contributed by atoms with Crippen LogP contribution < -0.4 is 11.1 Å². The number of hydrogen-bond donors (Lipinski definition) is 2. The Bertz CT molecular complexity index is 141. The Balaban J connectivity index is 3.33.